The molecule has 1 fully saturated rings. The first-order valence-electron chi connectivity index (χ1n) is 7.09. The lowest BCUT2D eigenvalue weighted by molar-refractivity contribution is 0.0207. The van der Waals surface area contributed by atoms with E-state index in [1.54, 1.807) is 0 Å². The van der Waals surface area contributed by atoms with Crippen LogP contribution >= 0.6 is 11.6 Å². The highest BCUT2D eigenvalue weighted by Crippen LogP contribution is 2.38. The van der Waals surface area contributed by atoms with Gasteiger partial charge < -0.3 is 19.5 Å². The quantitative estimate of drug-likeness (QED) is 0.928. The number of rotatable bonds is 4. The van der Waals surface area contributed by atoms with E-state index in [0.29, 0.717) is 24.0 Å². The molecule has 110 valence electrons. The molecule has 1 atom stereocenters. The summed E-state index contributed by atoms with van der Waals surface area (Å²) in [5.74, 6) is 1.40. The Balaban J connectivity index is 1.61. The highest BCUT2D eigenvalue weighted by molar-refractivity contribution is 6.32. The van der Waals surface area contributed by atoms with Crippen molar-refractivity contribution >= 4 is 11.6 Å². The molecule has 1 aromatic carbocycles. The fraction of sp³-hybridized carbons (Fsp3) is 0.600. The first-order valence-corrected chi connectivity index (χ1v) is 7.47. The zero-order valence-electron chi connectivity index (χ0n) is 11.7. The van der Waals surface area contributed by atoms with E-state index in [1.807, 2.05) is 12.1 Å². The normalized spacial score (nSPS) is 24.9. The van der Waals surface area contributed by atoms with Crippen LogP contribution in [0.3, 0.4) is 0 Å². The number of nitrogens with one attached hydrogen (secondary N) is 1. The van der Waals surface area contributed by atoms with E-state index in [1.165, 1.54) is 0 Å². The third kappa shape index (κ3) is 3.03. The minimum absolute atomic E-state index is 0.0301. The molecule has 3 rings (SSSR count). The summed E-state index contributed by atoms with van der Waals surface area (Å²) >= 11 is 6.22. The predicted molar refractivity (Wildman–Crippen MR) is 77.7 cm³/mol. The molecule has 1 N–H and O–H groups in total. The fourth-order valence-corrected chi connectivity index (χ4v) is 3.00. The minimum Gasteiger partial charge on any atom is -0.486 e. The highest BCUT2D eigenvalue weighted by atomic mass is 35.5. The van der Waals surface area contributed by atoms with E-state index >= 15 is 0 Å². The van der Waals surface area contributed by atoms with Gasteiger partial charge in [-0.05, 0) is 37.5 Å². The maximum absolute atomic E-state index is 6.22. The van der Waals surface area contributed by atoms with E-state index in [2.05, 4.69) is 12.2 Å². The van der Waals surface area contributed by atoms with Gasteiger partial charge in [-0.1, -0.05) is 11.6 Å². The van der Waals surface area contributed by atoms with Gasteiger partial charge in [0.2, 0.25) is 0 Å². The Morgan fingerprint density at radius 2 is 2.10 bits per heavy atom. The summed E-state index contributed by atoms with van der Waals surface area (Å²) in [6.07, 6.45) is 2.26. The maximum Gasteiger partial charge on any atom is 0.179 e. The molecule has 20 heavy (non-hydrogen) atoms. The number of halogens is 1. The molecular formula is C15H20ClNO3. The van der Waals surface area contributed by atoms with Gasteiger partial charge >= 0.3 is 0 Å². The molecule has 2 aliphatic heterocycles. The molecule has 1 unspecified atom stereocenters. The van der Waals surface area contributed by atoms with E-state index in [0.717, 1.165) is 43.9 Å². The molecule has 0 saturated carbocycles. The van der Waals surface area contributed by atoms with Crippen LogP contribution in [-0.4, -0.2) is 32.0 Å². The largest absolute Gasteiger partial charge is 0.486 e. The van der Waals surface area contributed by atoms with Crippen LogP contribution in [0.1, 0.15) is 25.3 Å². The van der Waals surface area contributed by atoms with E-state index in [4.69, 9.17) is 25.8 Å². The summed E-state index contributed by atoms with van der Waals surface area (Å²) in [5, 5.41) is 4.05. The Labute approximate surface area is 124 Å². The zero-order chi connectivity index (χ0) is 14.0. The van der Waals surface area contributed by atoms with Crippen molar-refractivity contribution in [3.05, 3.63) is 22.7 Å². The lowest BCUT2D eigenvalue weighted by atomic mass is 10.0. The SMILES string of the molecule is CC1(CNCc2cc(Cl)c3c(c2)OCCO3)CCCO1. The number of hydrogen-bond acceptors (Lipinski definition) is 4. The van der Waals surface area contributed by atoms with Crippen molar-refractivity contribution in [2.45, 2.75) is 31.9 Å². The zero-order valence-corrected chi connectivity index (χ0v) is 12.5. The van der Waals surface area contributed by atoms with Crippen molar-refractivity contribution < 1.29 is 14.2 Å². The van der Waals surface area contributed by atoms with Gasteiger partial charge in [0.25, 0.3) is 0 Å². The van der Waals surface area contributed by atoms with Crippen LogP contribution in [0.2, 0.25) is 5.02 Å². The molecule has 0 aliphatic carbocycles. The van der Waals surface area contributed by atoms with E-state index < -0.39 is 0 Å². The monoisotopic (exact) mass is 297 g/mol. The van der Waals surface area contributed by atoms with Gasteiger partial charge in [-0.3, -0.25) is 0 Å². The van der Waals surface area contributed by atoms with Crippen LogP contribution in [-0.2, 0) is 11.3 Å². The molecule has 0 spiro atoms. The Kier molecular flexibility index (Phi) is 4.06. The van der Waals surface area contributed by atoms with Crippen LogP contribution in [0.25, 0.3) is 0 Å². The number of ether oxygens (including phenoxy) is 3. The Morgan fingerprint density at radius 3 is 2.90 bits per heavy atom. The van der Waals surface area contributed by atoms with Gasteiger partial charge in [-0.15, -0.1) is 0 Å². The van der Waals surface area contributed by atoms with Crippen LogP contribution in [0.4, 0.5) is 0 Å². The Hall–Kier alpha value is -0.970. The Bertz CT molecular complexity index is 486. The third-order valence-electron chi connectivity index (χ3n) is 3.79. The average Bonchev–Trinajstić information content (AvgIpc) is 2.86. The summed E-state index contributed by atoms with van der Waals surface area (Å²) in [5.41, 5.74) is 1.07. The van der Waals surface area contributed by atoms with Crippen molar-refractivity contribution in [3.63, 3.8) is 0 Å². The second-order valence-corrected chi connectivity index (χ2v) is 6.01. The van der Waals surface area contributed by atoms with Crippen LogP contribution < -0.4 is 14.8 Å². The maximum atomic E-state index is 6.22. The molecule has 0 amide bonds. The van der Waals surface area contributed by atoms with Gasteiger partial charge in [0, 0.05) is 19.7 Å². The molecule has 2 aliphatic rings. The summed E-state index contributed by atoms with van der Waals surface area (Å²) in [7, 11) is 0. The molecule has 4 nitrogen and oxygen atoms in total. The molecule has 1 aromatic rings. The second kappa shape index (κ2) is 5.80. The Morgan fingerprint density at radius 1 is 1.25 bits per heavy atom. The second-order valence-electron chi connectivity index (χ2n) is 5.61. The highest BCUT2D eigenvalue weighted by Gasteiger charge is 2.29. The standard InChI is InChI=1S/C15H20ClNO3/c1-15(3-2-4-20-15)10-17-9-11-7-12(16)14-13(8-11)18-5-6-19-14/h7-8,17H,2-6,9-10H2,1H3. The number of benzene rings is 1. The predicted octanol–water partition coefficient (Wildman–Crippen LogP) is 2.77. The number of hydrogen-bond donors (Lipinski definition) is 1. The first-order chi connectivity index (χ1) is 9.66. The van der Waals surface area contributed by atoms with Gasteiger partial charge in [-0.25, -0.2) is 0 Å². The minimum atomic E-state index is -0.0301. The summed E-state index contributed by atoms with van der Waals surface area (Å²) < 4.78 is 16.9. The molecule has 0 aromatic heterocycles. The molecular weight excluding hydrogens is 278 g/mol. The number of fused-ring (bicyclic) bond motifs is 1. The third-order valence-corrected chi connectivity index (χ3v) is 4.07. The van der Waals surface area contributed by atoms with Crippen molar-refractivity contribution in [2.75, 3.05) is 26.4 Å². The fourth-order valence-electron chi connectivity index (χ4n) is 2.71. The first kappa shape index (κ1) is 14.0. The van der Waals surface area contributed by atoms with Gasteiger partial charge in [0.05, 0.1) is 10.6 Å². The van der Waals surface area contributed by atoms with Crippen molar-refractivity contribution in [2.24, 2.45) is 0 Å². The molecule has 0 radical (unpaired) electrons. The van der Waals surface area contributed by atoms with Crippen LogP contribution in [0.5, 0.6) is 11.5 Å². The van der Waals surface area contributed by atoms with Gasteiger partial charge in [-0.2, -0.15) is 0 Å². The molecule has 0 bridgehead atoms. The molecule has 1 saturated heterocycles. The smallest absolute Gasteiger partial charge is 0.179 e. The molecule has 2 heterocycles. The van der Waals surface area contributed by atoms with Gasteiger partial charge in [0.15, 0.2) is 11.5 Å². The van der Waals surface area contributed by atoms with Crippen molar-refractivity contribution in [3.8, 4) is 11.5 Å². The molecule has 5 heteroatoms. The van der Waals surface area contributed by atoms with Crippen LogP contribution in [0.15, 0.2) is 12.1 Å². The lowest BCUT2D eigenvalue weighted by Crippen LogP contribution is -2.36. The topological polar surface area (TPSA) is 39.7 Å². The summed E-state index contributed by atoms with van der Waals surface area (Å²) in [6.45, 7) is 5.75. The van der Waals surface area contributed by atoms with E-state index in [9.17, 15) is 0 Å². The summed E-state index contributed by atoms with van der Waals surface area (Å²) in [6, 6.07) is 3.92. The lowest BCUT2D eigenvalue weighted by Gasteiger charge is -2.24. The van der Waals surface area contributed by atoms with Crippen LogP contribution in [0, 0.1) is 0 Å². The average molecular weight is 298 g/mol. The van der Waals surface area contributed by atoms with Gasteiger partial charge in [0.1, 0.15) is 13.2 Å². The van der Waals surface area contributed by atoms with Crippen molar-refractivity contribution in [1.29, 1.82) is 0 Å². The summed E-state index contributed by atoms with van der Waals surface area (Å²) in [4.78, 5) is 0. The van der Waals surface area contributed by atoms with E-state index in [-0.39, 0.29) is 5.60 Å². The van der Waals surface area contributed by atoms with Crippen molar-refractivity contribution in [1.82, 2.24) is 5.32 Å².